The van der Waals surface area contributed by atoms with Crippen LogP contribution in [-0.4, -0.2) is 33.7 Å². The highest BCUT2D eigenvalue weighted by Gasteiger charge is 2.35. The Morgan fingerprint density at radius 2 is 2.03 bits per heavy atom. The second-order valence-corrected chi connectivity index (χ2v) is 10.3. The molecule has 2 aromatic carbocycles. The van der Waals surface area contributed by atoms with Gasteiger partial charge in [-0.2, -0.15) is 0 Å². The van der Waals surface area contributed by atoms with E-state index >= 15 is 0 Å². The Hall–Kier alpha value is -2.96. The molecule has 2 fully saturated rings. The Labute approximate surface area is 209 Å². The molecule has 1 aliphatic carbocycles. The molecule has 0 spiro atoms. The maximum absolute atomic E-state index is 13.7. The van der Waals surface area contributed by atoms with E-state index < -0.39 is 0 Å². The van der Waals surface area contributed by atoms with E-state index in [1.807, 2.05) is 16.7 Å². The largest absolute Gasteiger partial charge is 0.367 e. The van der Waals surface area contributed by atoms with Gasteiger partial charge in [-0.1, -0.05) is 36.2 Å². The van der Waals surface area contributed by atoms with Gasteiger partial charge in [0.2, 0.25) is 0 Å². The number of nitrogens with zero attached hydrogens (tertiary/aromatic N) is 3. The van der Waals surface area contributed by atoms with Crippen LogP contribution in [0.1, 0.15) is 31.2 Å². The van der Waals surface area contributed by atoms with Gasteiger partial charge in [0.25, 0.3) is 0 Å². The average molecular weight is 490 g/mol. The fraction of sp³-hybridized carbons (Fsp3) is 0.357. The molecular weight excluding hydrogens is 461 g/mol. The van der Waals surface area contributed by atoms with Gasteiger partial charge < -0.3 is 15.2 Å². The summed E-state index contributed by atoms with van der Waals surface area (Å²) in [5.74, 6) is 2.08. The summed E-state index contributed by atoms with van der Waals surface area (Å²) in [5, 5.41) is 7.93. The Morgan fingerprint density at radius 1 is 1.09 bits per heavy atom. The van der Waals surface area contributed by atoms with Crippen molar-refractivity contribution in [1.82, 2.24) is 19.9 Å². The summed E-state index contributed by atoms with van der Waals surface area (Å²) in [4.78, 5) is 9.15. The van der Waals surface area contributed by atoms with Gasteiger partial charge in [-0.25, -0.2) is 14.4 Å². The summed E-state index contributed by atoms with van der Waals surface area (Å²) in [7, 11) is 0. The number of fused-ring (bicyclic) bond motifs is 2. The van der Waals surface area contributed by atoms with Crippen LogP contribution in [0.3, 0.4) is 0 Å². The van der Waals surface area contributed by atoms with E-state index in [1.165, 1.54) is 31.7 Å². The fourth-order valence-corrected chi connectivity index (χ4v) is 6.08. The standard InChI is InChI=1S/C28H29ClFN5/c29-24-15-32-28(34-25-6-2-4-19-9-10-31-14-23(19)25)13-22(24)20-7-8-26-27(12-20)35(17-33-26)16-18-3-1-5-21(30)11-18/h1,3,5,7-8,11-13,15,17,19,23,25,31H,2,4,6,9-10,14,16H2,(H,32,34)/t19-,23+,25+/m0/s1. The van der Waals surface area contributed by atoms with E-state index in [0.717, 1.165) is 52.5 Å². The highest BCUT2D eigenvalue weighted by Crippen LogP contribution is 2.37. The monoisotopic (exact) mass is 489 g/mol. The molecule has 0 unspecified atom stereocenters. The maximum Gasteiger partial charge on any atom is 0.126 e. The Balaban J connectivity index is 1.29. The van der Waals surface area contributed by atoms with E-state index in [2.05, 4.69) is 38.8 Å². The molecule has 1 aliphatic heterocycles. The molecule has 5 nitrogen and oxygen atoms in total. The van der Waals surface area contributed by atoms with Gasteiger partial charge in [-0.3, -0.25) is 0 Å². The van der Waals surface area contributed by atoms with Crippen molar-refractivity contribution in [3.8, 4) is 11.1 Å². The predicted molar refractivity (Wildman–Crippen MR) is 139 cm³/mol. The van der Waals surface area contributed by atoms with Crippen LogP contribution in [0.5, 0.6) is 0 Å². The molecule has 180 valence electrons. The zero-order chi connectivity index (χ0) is 23.8. The number of benzene rings is 2. The average Bonchev–Trinajstić information content (AvgIpc) is 3.27. The lowest BCUT2D eigenvalue weighted by Gasteiger charge is -2.42. The molecule has 35 heavy (non-hydrogen) atoms. The molecule has 2 aliphatic rings. The molecule has 1 saturated heterocycles. The summed E-state index contributed by atoms with van der Waals surface area (Å²) < 4.78 is 15.7. The Kier molecular flexibility index (Phi) is 6.17. The first-order chi connectivity index (χ1) is 17.1. The molecule has 4 aromatic rings. The van der Waals surface area contributed by atoms with Gasteiger partial charge in [0, 0.05) is 30.9 Å². The molecule has 3 atom stereocenters. The quantitative estimate of drug-likeness (QED) is 0.354. The van der Waals surface area contributed by atoms with Crippen LogP contribution in [0.2, 0.25) is 5.02 Å². The third-order valence-corrected chi connectivity index (χ3v) is 7.95. The number of halogens is 2. The van der Waals surface area contributed by atoms with Crippen LogP contribution in [0.4, 0.5) is 10.2 Å². The second-order valence-electron chi connectivity index (χ2n) is 9.85. The summed E-state index contributed by atoms with van der Waals surface area (Å²) in [6, 6.07) is 15.3. The minimum atomic E-state index is -0.232. The lowest BCUT2D eigenvalue weighted by molar-refractivity contribution is 0.169. The van der Waals surface area contributed by atoms with E-state index in [1.54, 1.807) is 24.7 Å². The lowest BCUT2D eigenvalue weighted by Crippen LogP contribution is -2.48. The third-order valence-electron chi connectivity index (χ3n) is 7.65. The number of rotatable bonds is 5. The van der Waals surface area contributed by atoms with Crippen molar-refractivity contribution in [3.05, 3.63) is 77.5 Å². The SMILES string of the molecule is Fc1cccc(Cn2cnc3ccc(-c4cc(N[C@@H]5CCC[C@H]6CCNC[C@H]65)ncc4Cl)cc32)c1. The number of pyridine rings is 1. The van der Waals surface area contributed by atoms with Crippen molar-refractivity contribution in [1.29, 1.82) is 0 Å². The normalized spacial score (nSPS) is 22.2. The van der Waals surface area contributed by atoms with Crippen molar-refractivity contribution in [2.24, 2.45) is 11.8 Å². The molecule has 0 amide bonds. The smallest absolute Gasteiger partial charge is 0.126 e. The Morgan fingerprint density at radius 3 is 2.94 bits per heavy atom. The van der Waals surface area contributed by atoms with Crippen molar-refractivity contribution < 1.29 is 4.39 Å². The Bertz CT molecular complexity index is 1350. The van der Waals surface area contributed by atoms with Gasteiger partial charge in [0.15, 0.2) is 0 Å². The molecule has 7 heteroatoms. The number of nitrogens with one attached hydrogen (secondary N) is 2. The van der Waals surface area contributed by atoms with Crippen LogP contribution in [0.15, 0.2) is 61.1 Å². The van der Waals surface area contributed by atoms with Gasteiger partial charge in [-0.05, 0) is 79.1 Å². The summed E-state index contributed by atoms with van der Waals surface area (Å²) >= 11 is 6.63. The molecular formula is C28H29ClFN5. The molecule has 1 saturated carbocycles. The third kappa shape index (κ3) is 4.65. The van der Waals surface area contributed by atoms with Crippen LogP contribution in [0.25, 0.3) is 22.2 Å². The second kappa shape index (κ2) is 9.59. The molecule has 2 N–H and O–H groups in total. The van der Waals surface area contributed by atoms with Crippen LogP contribution in [-0.2, 0) is 6.54 Å². The van der Waals surface area contributed by atoms with Crippen LogP contribution in [0, 0.1) is 17.7 Å². The van der Waals surface area contributed by atoms with Crippen LogP contribution >= 0.6 is 11.6 Å². The zero-order valence-electron chi connectivity index (χ0n) is 19.6. The number of hydrogen-bond acceptors (Lipinski definition) is 4. The number of imidazole rings is 1. The van der Waals surface area contributed by atoms with Gasteiger partial charge in [-0.15, -0.1) is 0 Å². The van der Waals surface area contributed by atoms with Gasteiger partial charge in [0.1, 0.15) is 11.6 Å². The summed E-state index contributed by atoms with van der Waals surface area (Å²) in [6.45, 7) is 2.76. The number of aromatic nitrogens is 3. The zero-order valence-corrected chi connectivity index (χ0v) is 20.3. The lowest BCUT2D eigenvalue weighted by atomic mass is 9.72. The van der Waals surface area contributed by atoms with Crippen molar-refractivity contribution in [3.63, 3.8) is 0 Å². The van der Waals surface area contributed by atoms with E-state index in [4.69, 9.17) is 11.6 Å². The van der Waals surface area contributed by atoms with E-state index in [9.17, 15) is 4.39 Å². The highest BCUT2D eigenvalue weighted by molar-refractivity contribution is 6.33. The maximum atomic E-state index is 13.7. The summed E-state index contributed by atoms with van der Waals surface area (Å²) in [6.07, 6.45) is 8.60. The molecule has 3 heterocycles. The first-order valence-electron chi connectivity index (χ1n) is 12.5. The van der Waals surface area contributed by atoms with Crippen LogP contribution < -0.4 is 10.6 Å². The highest BCUT2D eigenvalue weighted by atomic mass is 35.5. The first kappa shape index (κ1) is 22.5. The van der Waals surface area contributed by atoms with Crippen molar-refractivity contribution >= 4 is 28.5 Å². The van der Waals surface area contributed by atoms with Gasteiger partial charge in [0.05, 0.1) is 22.4 Å². The minimum Gasteiger partial charge on any atom is -0.367 e. The molecule has 2 aromatic heterocycles. The first-order valence-corrected chi connectivity index (χ1v) is 12.8. The van der Waals surface area contributed by atoms with E-state index in [0.29, 0.717) is 23.5 Å². The topological polar surface area (TPSA) is 54.8 Å². The predicted octanol–water partition coefficient (Wildman–Crippen LogP) is 6.13. The summed E-state index contributed by atoms with van der Waals surface area (Å²) in [5.41, 5.74) is 4.73. The van der Waals surface area contributed by atoms with Crippen molar-refractivity contribution in [2.75, 3.05) is 18.4 Å². The molecule has 0 radical (unpaired) electrons. The minimum absolute atomic E-state index is 0.232. The number of hydrogen-bond donors (Lipinski definition) is 2. The van der Waals surface area contributed by atoms with Gasteiger partial charge >= 0.3 is 0 Å². The fourth-order valence-electron chi connectivity index (χ4n) is 5.87. The molecule has 0 bridgehead atoms. The van der Waals surface area contributed by atoms with Crippen molar-refractivity contribution in [2.45, 2.75) is 38.3 Å². The molecule has 6 rings (SSSR count). The van der Waals surface area contributed by atoms with E-state index in [-0.39, 0.29) is 5.82 Å². The number of anilines is 1. The number of piperidine rings is 1.